The molecule has 6 rings (SSSR count). The van der Waals surface area contributed by atoms with Crippen LogP contribution in [0, 0.1) is 12.7 Å². The molecule has 1 aliphatic heterocycles. The van der Waals surface area contributed by atoms with Crippen molar-refractivity contribution < 1.29 is 18.7 Å². The summed E-state index contributed by atoms with van der Waals surface area (Å²) in [4.78, 5) is 20.8. The maximum atomic E-state index is 13.1. The lowest BCUT2D eigenvalue weighted by atomic mass is 10.1. The first kappa shape index (κ1) is 35.9. The van der Waals surface area contributed by atoms with Crippen molar-refractivity contribution in [2.75, 3.05) is 38.0 Å². The summed E-state index contributed by atoms with van der Waals surface area (Å²) in [6, 6.07) is 30.0. The zero-order chi connectivity index (χ0) is 35.6. The molecule has 10 heteroatoms. The standard InChI is InChI=1S/C41H39Cl2FN4O3/c1-29-24-33(25-38(43)41(29)51-40-15-14-36(26-46-40)50-28-32-4-2-3-5-37(32)42)39(17-23-49)48-21-19-47(20-22-48)27-31-8-6-30(7-9-31)16-18-45-35-12-10-34(44)11-13-35/h2-15,17,23-26,45H,16,18-22,27-28H2,1H3/b39-17+. The van der Waals surface area contributed by atoms with E-state index in [1.165, 1.54) is 23.3 Å². The molecule has 1 N–H and O–H groups in total. The fraction of sp³-hybridized carbons (Fsp3) is 0.220. The van der Waals surface area contributed by atoms with Gasteiger partial charge in [0.2, 0.25) is 5.88 Å². The fourth-order valence-corrected chi connectivity index (χ4v) is 6.48. The highest BCUT2D eigenvalue weighted by atomic mass is 35.5. The van der Waals surface area contributed by atoms with Gasteiger partial charge in [-0.2, -0.15) is 0 Å². The lowest BCUT2D eigenvalue weighted by Gasteiger charge is -2.37. The van der Waals surface area contributed by atoms with Gasteiger partial charge in [-0.1, -0.05) is 65.7 Å². The fourth-order valence-electron chi connectivity index (χ4n) is 5.99. The number of aldehydes is 1. The summed E-state index contributed by atoms with van der Waals surface area (Å²) < 4.78 is 25.1. The summed E-state index contributed by atoms with van der Waals surface area (Å²) in [5.41, 5.74) is 6.81. The van der Waals surface area contributed by atoms with Crippen LogP contribution in [-0.2, 0) is 24.4 Å². The number of allylic oxidation sites excluding steroid dienone is 1. The molecule has 0 spiro atoms. The van der Waals surface area contributed by atoms with Gasteiger partial charge in [-0.15, -0.1) is 0 Å². The lowest BCUT2D eigenvalue weighted by molar-refractivity contribution is -0.104. The normalized spacial score (nSPS) is 13.6. The minimum atomic E-state index is -0.234. The highest BCUT2D eigenvalue weighted by Gasteiger charge is 2.22. The van der Waals surface area contributed by atoms with Crippen LogP contribution in [-0.4, -0.2) is 53.8 Å². The Morgan fingerprint density at radius 3 is 2.33 bits per heavy atom. The molecular weight excluding hydrogens is 686 g/mol. The second-order valence-electron chi connectivity index (χ2n) is 12.4. The van der Waals surface area contributed by atoms with E-state index in [9.17, 15) is 9.18 Å². The van der Waals surface area contributed by atoms with Crippen molar-refractivity contribution in [3.63, 3.8) is 0 Å². The Labute approximate surface area is 308 Å². The maximum Gasteiger partial charge on any atom is 0.219 e. The van der Waals surface area contributed by atoms with Crippen LogP contribution in [0.1, 0.15) is 27.8 Å². The number of rotatable bonds is 14. The van der Waals surface area contributed by atoms with Gasteiger partial charge in [0.05, 0.1) is 11.2 Å². The Hall–Kier alpha value is -4.89. The molecule has 1 aromatic heterocycles. The number of carbonyl (C=O) groups is 1. The molecule has 0 atom stereocenters. The van der Waals surface area contributed by atoms with Crippen LogP contribution < -0.4 is 14.8 Å². The number of piperazine rings is 1. The summed E-state index contributed by atoms with van der Waals surface area (Å²) in [5.74, 6) is 1.24. The van der Waals surface area contributed by atoms with Crippen molar-refractivity contribution in [3.05, 3.63) is 153 Å². The van der Waals surface area contributed by atoms with Crippen molar-refractivity contribution in [1.82, 2.24) is 14.8 Å². The molecule has 0 unspecified atom stereocenters. The quantitative estimate of drug-likeness (QED) is 0.0905. The number of nitrogens with one attached hydrogen (secondary N) is 1. The van der Waals surface area contributed by atoms with Crippen molar-refractivity contribution in [2.45, 2.75) is 26.5 Å². The van der Waals surface area contributed by atoms with Crippen LogP contribution in [0.3, 0.4) is 0 Å². The van der Waals surface area contributed by atoms with Crippen LogP contribution in [0.4, 0.5) is 10.1 Å². The average molecular weight is 726 g/mol. The second-order valence-corrected chi connectivity index (χ2v) is 13.2. The summed E-state index contributed by atoms with van der Waals surface area (Å²) in [5, 5.41) is 4.41. The Morgan fingerprint density at radius 1 is 0.902 bits per heavy atom. The molecule has 0 amide bonds. The van der Waals surface area contributed by atoms with Crippen LogP contribution in [0.15, 0.2) is 109 Å². The topological polar surface area (TPSA) is 66.9 Å². The predicted molar refractivity (Wildman–Crippen MR) is 202 cm³/mol. The highest BCUT2D eigenvalue weighted by Crippen LogP contribution is 2.36. The molecule has 1 fully saturated rings. The first-order valence-electron chi connectivity index (χ1n) is 16.9. The van der Waals surface area contributed by atoms with Crippen LogP contribution in [0.25, 0.3) is 5.70 Å². The molecule has 7 nitrogen and oxygen atoms in total. The number of halogens is 3. The highest BCUT2D eigenvalue weighted by molar-refractivity contribution is 6.32. The minimum Gasteiger partial charge on any atom is -0.487 e. The van der Waals surface area contributed by atoms with E-state index in [-0.39, 0.29) is 5.82 Å². The molecule has 1 aliphatic rings. The number of hydrogen-bond acceptors (Lipinski definition) is 7. The van der Waals surface area contributed by atoms with Crippen LogP contribution in [0.5, 0.6) is 17.4 Å². The predicted octanol–water partition coefficient (Wildman–Crippen LogP) is 9.22. The molecule has 0 aliphatic carbocycles. The van der Waals surface area contributed by atoms with Crippen molar-refractivity contribution in [1.29, 1.82) is 0 Å². The Bertz CT molecular complexity index is 1920. The van der Waals surface area contributed by atoms with Gasteiger partial charge in [-0.3, -0.25) is 9.69 Å². The summed E-state index contributed by atoms with van der Waals surface area (Å²) in [6.45, 7) is 7.15. The monoisotopic (exact) mass is 724 g/mol. The molecule has 1 saturated heterocycles. The summed E-state index contributed by atoms with van der Waals surface area (Å²) in [6.07, 6.45) is 4.91. The van der Waals surface area contributed by atoms with Crippen molar-refractivity contribution in [3.8, 4) is 17.4 Å². The lowest BCUT2D eigenvalue weighted by Crippen LogP contribution is -2.45. The number of pyridine rings is 1. The number of hydrogen-bond donors (Lipinski definition) is 1. The molecule has 51 heavy (non-hydrogen) atoms. The third-order valence-electron chi connectivity index (χ3n) is 8.75. The van der Waals surface area contributed by atoms with Crippen LogP contribution >= 0.6 is 23.2 Å². The van der Waals surface area contributed by atoms with Crippen LogP contribution in [0.2, 0.25) is 10.0 Å². The number of nitrogens with zero attached hydrogens (tertiary/aromatic N) is 3. The molecule has 5 aromatic rings. The van der Waals surface area contributed by atoms with Gasteiger partial charge in [0, 0.05) is 73.4 Å². The molecule has 0 saturated carbocycles. The molecule has 0 radical (unpaired) electrons. The first-order valence-corrected chi connectivity index (χ1v) is 17.6. The molecule has 4 aromatic carbocycles. The van der Waals surface area contributed by atoms with Crippen molar-refractivity contribution in [2.24, 2.45) is 0 Å². The van der Waals surface area contributed by atoms with Gasteiger partial charge >= 0.3 is 0 Å². The number of aromatic nitrogens is 1. The molecule has 0 bridgehead atoms. The third kappa shape index (κ3) is 9.88. The first-order chi connectivity index (χ1) is 24.8. The Balaban J connectivity index is 1.00. The number of benzene rings is 4. The van der Waals surface area contributed by atoms with Gasteiger partial charge in [0.25, 0.3) is 0 Å². The summed E-state index contributed by atoms with van der Waals surface area (Å²) in [7, 11) is 0. The van der Waals surface area contributed by atoms with Crippen molar-refractivity contribution >= 4 is 40.9 Å². The van der Waals surface area contributed by atoms with Gasteiger partial charge in [-0.25, -0.2) is 9.37 Å². The average Bonchev–Trinajstić information content (AvgIpc) is 3.14. The zero-order valence-electron chi connectivity index (χ0n) is 28.3. The van der Waals surface area contributed by atoms with Gasteiger partial charge in [0.15, 0.2) is 5.75 Å². The van der Waals surface area contributed by atoms with Gasteiger partial charge in [0.1, 0.15) is 24.5 Å². The smallest absolute Gasteiger partial charge is 0.219 e. The minimum absolute atomic E-state index is 0.234. The number of aryl methyl sites for hydroxylation is 1. The summed E-state index contributed by atoms with van der Waals surface area (Å²) >= 11 is 13.0. The van der Waals surface area contributed by atoms with E-state index < -0.39 is 0 Å². The SMILES string of the molecule is Cc1cc(/C(=C\C=O)N2CCN(Cc3ccc(CCNc4ccc(F)cc4)cc3)CC2)cc(Cl)c1Oc1ccc(OCc2ccccc2Cl)cn1. The van der Waals surface area contributed by atoms with E-state index in [0.717, 1.165) is 80.1 Å². The van der Waals surface area contributed by atoms with Gasteiger partial charge in [-0.05, 0) is 84.1 Å². The van der Waals surface area contributed by atoms with E-state index in [4.69, 9.17) is 32.7 Å². The second kappa shape index (κ2) is 17.4. The number of anilines is 1. The number of ether oxygens (including phenoxy) is 2. The maximum absolute atomic E-state index is 13.1. The van der Waals surface area contributed by atoms with E-state index in [1.54, 1.807) is 36.5 Å². The molecular formula is C41H39Cl2FN4O3. The van der Waals surface area contributed by atoms with E-state index >= 15 is 0 Å². The Kier molecular flexibility index (Phi) is 12.2. The van der Waals surface area contributed by atoms with E-state index in [1.807, 2.05) is 43.3 Å². The Morgan fingerprint density at radius 2 is 1.65 bits per heavy atom. The zero-order valence-corrected chi connectivity index (χ0v) is 29.8. The van der Waals surface area contributed by atoms with Gasteiger partial charge < -0.3 is 19.7 Å². The molecule has 262 valence electrons. The molecule has 2 heterocycles. The largest absolute Gasteiger partial charge is 0.487 e. The number of carbonyl (C=O) groups excluding carboxylic acids is 1. The van der Waals surface area contributed by atoms with E-state index in [0.29, 0.717) is 34.0 Å². The van der Waals surface area contributed by atoms with E-state index in [2.05, 4.69) is 44.4 Å². The third-order valence-corrected chi connectivity index (χ3v) is 9.40.